The number of thioether (sulfide) groups is 1. The number of benzene rings is 1. The van der Waals surface area contributed by atoms with E-state index < -0.39 is 23.9 Å². The molecule has 0 aliphatic carbocycles. The van der Waals surface area contributed by atoms with Gasteiger partial charge in [-0.25, -0.2) is 9.59 Å². The predicted molar refractivity (Wildman–Crippen MR) is 88.7 cm³/mol. The summed E-state index contributed by atoms with van der Waals surface area (Å²) in [7, 11) is 2.47. The number of nitrogens with two attached hydrogens (primary N) is 1. The van der Waals surface area contributed by atoms with Gasteiger partial charge in [-0.3, -0.25) is 4.79 Å². The molecule has 126 valence electrons. The molecule has 0 aliphatic rings. The van der Waals surface area contributed by atoms with Gasteiger partial charge in [0.2, 0.25) is 5.91 Å². The SMILES string of the molecule is COC(=O)c1ccc(C(=O)OC)c(NC(=O)[C@@H](N)CCSC)c1. The highest BCUT2D eigenvalue weighted by Gasteiger charge is 2.20. The van der Waals surface area contributed by atoms with Crippen molar-refractivity contribution < 1.29 is 23.9 Å². The van der Waals surface area contributed by atoms with Gasteiger partial charge in [0, 0.05) is 0 Å². The number of amides is 1. The van der Waals surface area contributed by atoms with E-state index in [9.17, 15) is 14.4 Å². The summed E-state index contributed by atoms with van der Waals surface area (Å²) in [5, 5.41) is 2.57. The zero-order valence-electron chi connectivity index (χ0n) is 13.3. The van der Waals surface area contributed by atoms with Crippen molar-refractivity contribution in [1.82, 2.24) is 0 Å². The van der Waals surface area contributed by atoms with Gasteiger partial charge in [0.05, 0.1) is 37.1 Å². The number of rotatable bonds is 7. The number of carbonyl (C=O) groups excluding carboxylic acids is 3. The highest BCUT2D eigenvalue weighted by molar-refractivity contribution is 7.98. The summed E-state index contributed by atoms with van der Waals surface area (Å²) < 4.78 is 9.30. The van der Waals surface area contributed by atoms with Gasteiger partial charge < -0.3 is 20.5 Å². The molecule has 1 aromatic rings. The van der Waals surface area contributed by atoms with E-state index in [1.165, 1.54) is 32.4 Å². The lowest BCUT2D eigenvalue weighted by molar-refractivity contribution is -0.117. The van der Waals surface area contributed by atoms with E-state index in [1.54, 1.807) is 11.8 Å². The maximum atomic E-state index is 12.1. The van der Waals surface area contributed by atoms with E-state index in [4.69, 9.17) is 5.73 Å². The molecule has 7 nitrogen and oxygen atoms in total. The van der Waals surface area contributed by atoms with E-state index in [1.807, 2.05) is 6.26 Å². The largest absolute Gasteiger partial charge is 0.465 e. The summed E-state index contributed by atoms with van der Waals surface area (Å²) in [5.74, 6) is -0.912. The van der Waals surface area contributed by atoms with Crippen molar-refractivity contribution in [3.05, 3.63) is 29.3 Å². The van der Waals surface area contributed by atoms with Crippen molar-refractivity contribution in [2.24, 2.45) is 5.73 Å². The molecule has 8 heteroatoms. The van der Waals surface area contributed by atoms with Crippen LogP contribution in [0.4, 0.5) is 5.69 Å². The number of esters is 2. The topological polar surface area (TPSA) is 108 Å². The third-order valence-corrected chi connectivity index (χ3v) is 3.72. The Morgan fingerprint density at radius 3 is 2.43 bits per heavy atom. The number of anilines is 1. The van der Waals surface area contributed by atoms with Crippen LogP contribution in [0.5, 0.6) is 0 Å². The minimum atomic E-state index is -0.713. The number of hydrogen-bond acceptors (Lipinski definition) is 7. The molecule has 0 bridgehead atoms. The lowest BCUT2D eigenvalue weighted by Crippen LogP contribution is -2.36. The molecular formula is C15H20N2O5S. The van der Waals surface area contributed by atoms with E-state index in [0.29, 0.717) is 6.42 Å². The molecule has 1 aromatic carbocycles. The first-order valence-electron chi connectivity index (χ1n) is 6.80. The second kappa shape index (κ2) is 9.16. The summed E-state index contributed by atoms with van der Waals surface area (Å²) >= 11 is 1.58. The van der Waals surface area contributed by atoms with Gasteiger partial charge in [0.15, 0.2) is 0 Å². The van der Waals surface area contributed by atoms with E-state index in [-0.39, 0.29) is 16.8 Å². The molecule has 1 amide bonds. The van der Waals surface area contributed by atoms with E-state index in [2.05, 4.69) is 14.8 Å². The van der Waals surface area contributed by atoms with Gasteiger partial charge in [0.25, 0.3) is 0 Å². The Hall–Kier alpha value is -2.06. The van der Waals surface area contributed by atoms with Crippen LogP contribution < -0.4 is 11.1 Å². The highest BCUT2D eigenvalue weighted by atomic mass is 32.2. The molecule has 0 saturated heterocycles. The third kappa shape index (κ3) is 5.26. The number of nitrogens with one attached hydrogen (secondary N) is 1. The first kappa shape index (κ1) is 19.0. The van der Waals surface area contributed by atoms with Crippen LogP contribution in [0.15, 0.2) is 18.2 Å². The van der Waals surface area contributed by atoms with Crippen LogP contribution in [0, 0.1) is 0 Å². The standard InChI is InChI=1S/C15H20N2O5S/c1-21-14(19)9-4-5-10(15(20)22-2)12(8-9)17-13(18)11(16)6-7-23-3/h4-5,8,11H,6-7,16H2,1-3H3,(H,17,18)/t11-/m0/s1. The zero-order valence-corrected chi connectivity index (χ0v) is 14.1. The first-order valence-corrected chi connectivity index (χ1v) is 8.20. The van der Waals surface area contributed by atoms with E-state index >= 15 is 0 Å². The second-order valence-electron chi connectivity index (χ2n) is 4.62. The molecule has 0 aliphatic heterocycles. The molecule has 0 spiro atoms. The molecule has 0 unspecified atom stereocenters. The smallest absolute Gasteiger partial charge is 0.339 e. The van der Waals surface area contributed by atoms with Crippen molar-refractivity contribution in [3.8, 4) is 0 Å². The lowest BCUT2D eigenvalue weighted by Gasteiger charge is -2.14. The Balaban J connectivity index is 3.06. The fourth-order valence-electron chi connectivity index (χ4n) is 1.78. The molecule has 23 heavy (non-hydrogen) atoms. The summed E-state index contributed by atoms with van der Waals surface area (Å²) in [5.41, 5.74) is 6.29. The van der Waals surface area contributed by atoms with Crippen LogP contribution in [0.2, 0.25) is 0 Å². The van der Waals surface area contributed by atoms with Crippen LogP contribution in [-0.2, 0) is 14.3 Å². The number of hydrogen-bond donors (Lipinski definition) is 2. The van der Waals surface area contributed by atoms with Gasteiger partial charge in [-0.1, -0.05) is 0 Å². The van der Waals surface area contributed by atoms with Crippen LogP contribution in [0.25, 0.3) is 0 Å². The predicted octanol–water partition coefficient (Wildman–Crippen LogP) is 1.28. The van der Waals surface area contributed by atoms with Gasteiger partial charge in [-0.15, -0.1) is 0 Å². The summed E-state index contributed by atoms with van der Waals surface area (Å²) in [6.45, 7) is 0. The third-order valence-electron chi connectivity index (χ3n) is 3.07. The molecular weight excluding hydrogens is 320 g/mol. The van der Waals surface area contributed by atoms with Crippen LogP contribution >= 0.6 is 11.8 Å². The normalized spacial score (nSPS) is 11.5. The first-order chi connectivity index (χ1) is 10.9. The molecule has 1 rings (SSSR count). The Morgan fingerprint density at radius 1 is 1.22 bits per heavy atom. The molecule has 1 atom stereocenters. The molecule has 0 saturated carbocycles. The van der Waals surface area contributed by atoms with Crippen molar-refractivity contribution in [3.63, 3.8) is 0 Å². The number of carbonyl (C=O) groups is 3. The Bertz CT molecular complexity index is 591. The van der Waals surface area contributed by atoms with Gasteiger partial charge in [-0.05, 0) is 36.6 Å². The fraction of sp³-hybridized carbons (Fsp3) is 0.400. The maximum Gasteiger partial charge on any atom is 0.339 e. The maximum absolute atomic E-state index is 12.1. The zero-order chi connectivity index (χ0) is 17.4. The minimum absolute atomic E-state index is 0.130. The molecule has 0 fully saturated rings. The average molecular weight is 340 g/mol. The quantitative estimate of drug-likeness (QED) is 0.720. The second-order valence-corrected chi connectivity index (χ2v) is 5.61. The minimum Gasteiger partial charge on any atom is -0.465 e. The lowest BCUT2D eigenvalue weighted by atomic mass is 10.1. The van der Waals surface area contributed by atoms with Gasteiger partial charge in [0.1, 0.15) is 0 Å². The Labute approximate surface area is 138 Å². The van der Waals surface area contributed by atoms with Crippen LogP contribution in [0.3, 0.4) is 0 Å². The van der Waals surface area contributed by atoms with Gasteiger partial charge >= 0.3 is 11.9 Å². The Morgan fingerprint density at radius 2 is 1.87 bits per heavy atom. The van der Waals surface area contributed by atoms with Crippen molar-refractivity contribution in [2.45, 2.75) is 12.5 Å². The summed E-state index contributed by atoms with van der Waals surface area (Å²) in [4.78, 5) is 35.5. The Kier molecular flexibility index (Phi) is 7.56. The summed E-state index contributed by atoms with van der Waals surface area (Å²) in [6.07, 6.45) is 2.41. The van der Waals surface area contributed by atoms with Crippen LogP contribution in [0.1, 0.15) is 27.1 Å². The number of methoxy groups -OCH3 is 2. The van der Waals surface area contributed by atoms with Crippen LogP contribution in [-0.4, -0.2) is 50.1 Å². The molecule has 0 heterocycles. The monoisotopic (exact) mass is 340 g/mol. The molecule has 3 N–H and O–H groups in total. The number of ether oxygens (including phenoxy) is 2. The van der Waals surface area contributed by atoms with Crippen molar-refractivity contribution in [1.29, 1.82) is 0 Å². The average Bonchev–Trinajstić information content (AvgIpc) is 2.57. The summed E-state index contributed by atoms with van der Waals surface area (Å²) in [6, 6.07) is 3.45. The molecule has 0 radical (unpaired) electrons. The van der Waals surface area contributed by atoms with E-state index in [0.717, 1.165) is 5.75 Å². The van der Waals surface area contributed by atoms with Crippen molar-refractivity contribution >= 4 is 35.3 Å². The molecule has 0 aromatic heterocycles. The fourth-order valence-corrected chi connectivity index (χ4v) is 2.27. The highest BCUT2D eigenvalue weighted by Crippen LogP contribution is 2.20. The van der Waals surface area contributed by atoms with Crippen molar-refractivity contribution in [2.75, 3.05) is 31.5 Å². The van der Waals surface area contributed by atoms with Gasteiger partial charge in [-0.2, -0.15) is 11.8 Å².